The molecule has 0 aliphatic carbocycles. The molecule has 6 nitrogen and oxygen atoms in total. The SMILES string of the molecule is CCCNC(=O)Cn1c(N)nc2cc(Br)cnc21. The van der Waals surface area contributed by atoms with Gasteiger partial charge in [0.15, 0.2) is 5.65 Å². The van der Waals surface area contributed by atoms with Crippen LogP contribution in [0.3, 0.4) is 0 Å². The Hall–Kier alpha value is -1.63. The van der Waals surface area contributed by atoms with Crippen molar-refractivity contribution in [3.05, 3.63) is 16.7 Å². The molecule has 0 radical (unpaired) electrons. The van der Waals surface area contributed by atoms with Crippen LogP contribution in [0.5, 0.6) is 0 Å². The van der Waals surface area contributed by atoms with Gasteiger partial charge in [-0.1, -0.05) is 6.92 Å². The van der Waals surface area contributed by atoms with E-state index in [2.05, 4.69) is 31.2 Å². The summed E-state index contributed by atoms with van der Waals surface area (Å²) in [6, 6.07) is 1.82. The molecule has 0 aromatic carbocycles. The minimum absolute atomic E-state index is 0.0902. The van der Waals surface area contributed by atoms with E-state index in [4.69, 9.17) is 5.73 Å². The third kappa shape index (κ3) is 2.61. The smallest absolute Gasteiger partial charge is 0.240 e. The Morgan fingerprint density at radius 3 is 3.11 bits per heavy atom. The molecular formula is C11H14BrN5O. The largest absolute Gasteiger partial charge is 0.369 e. The number of pyridine rings is 1. The van der Waals surface area contributed by atoms with Gasteiger partial charge in [-0.25, -0.2) is 9.97 Å². The summed E-state index contributed by atoms with van der Waals surface area (Å²) in [5.74, 6) is 0.204. The lowest BCUT2D eigenvalue weighted by Crippen LogP contribution is -2.28. The summed E-state index contributed by atoms with van der Waals surface area (Å²) in [6.45, 7) is 2.79. The number of halogens is 1. The van der Waals surface area contributed by atoms with Crippen molar-refractivity contribution < 1.29 is 4.79 Å². The van der Waals surface area contributed by atoms with Gasteiger partial charge in [-0.15, -0.1) is 0 Å². The Labute approximate surface area is 113 Å². The third-order valence-electron chi connectivity index (χ3n) is 2.45. The normalized spacial score (nSPS) is 10.8. The summed E-state index contributed by atoms with van der Waals surface area (Å²) in [7, 11) is 0. The van der Waals surface area contributed by atoms with Crippen molar-refractivity contribution in [2.75, 3.05) is 12.3 Å². The fraction of sp³-hybridized carbons (Fsp3) is 0.364. The number of nitrogens with two attached hydrogens (primary N) is 1. The second-order valence-electron chi connectivity index (χ2n) is 3.90. The zero-order chi connectivity index (χ0) is 13.1. The van der Waals surface area contributed by atoms with Gasteiger partial charge < -0.3 is 11.1 Å². The van der Waals surface area contributed by atoms with Gasteiger partial charge in [-0.3, -0.25) is 9.36 Å². The Morgan fingerprint density at radius 2 is 2.39 bits per heavy atom. The molecule has 2 aromatic rings. The number of hydrogen-bond acceptors (Lipinski definition) is 4. The van der Waals surface area contributed by atoms with Crippen molar-refractivity contribution in [2.45, 2.75) is 19.9 Å². The molecule has 0 spiro atoms. The lowest BCUT2D eigenvalue weighted by atomic mass is 10.4. The van der Waals surface area contributed by atoms with Crippen LogP contribution >= 0.6 is 15.9 Å². The zero-order valence-electron chi connectivity index (χ0n) is 9.98. The fourth-order valence-corrected chi connectivity index (χ4v) is 1.94. The topological polar surface area (TPSA) is 85.8 Å². The van der Waals surface area contributed by atoms with E-state index in [0.717, 1.165) is 10.9 Å². The average Bonchev–Trinajstić information content (AvgIpc) is 2.62. The number of carbonyl (C=O) groups is 1. The maximum Gasteiger partial charge on any atom is 0.240 e. The molecule has 3 N–H and O–H groups in total. The van der Waals surface area contributed by atoms with Crippen LogP contribution in [0.4, 0.5) is 5.95 Å². The van der Waals surface area contributed by atoms with Crippen LogP contribution in [0, 0.1) is 0 Å². The second-order valence-corrected chi connectivity index (χ2v) is 4.82. The molecule has 0 fully saturated rings. The maximum atomic E-state index is 11.7. The number of aromatic nitrogens is 3. The Morgan fingerprint density at radius 1 is 1.61 bits per heavy atom. The molecule has 0 bridgehead atoms. The number of anilines is 1. The van der Waals surface area contributed by atoms with E-state index >= 15 is 0 Å². The first-order valence-corrected chi connectivity index (χ1v) is 6.45. The van der Waals surface area contributed by atoms with E-state index in [9.17, 15) is 4.79 Å². The van der Waals surface area contributed by atoms with E-state index in [1.807, 2.05) is 13.0 Å². The van der Waals surface area contributed by atoms with E-state index in [1.54, 1.807) is 10.8 Å². The molecule has 0 saturated carbocycles. The fourth-order valence-electron chi connectivity index (χ4n) is 1.62. The highest BCUT2D eigenvalue weighted by Gasteiger charge is 2.12. The zero-order valence-corrected chi connectivity index (χ0v) is 11.6. The van der Waals surface area contributed by atoms with Crippen LogP contribution in [0.25, 0.3) is 11.2 Å². The first-order valence-electron chi connectivity index (χ1n) is 5.65. The van der Waals surface area contributed by atoms with Crippen LogP contribution in [0.15, 0.2) is 16.7 Å². The monoisotopic (exact) mass is 311 g/mol. The molecule has 0 aliphatic rings. The van der Waals surface area contributed by atoms with Crippen LogP contribution in [-0.4, -0.2) is 27.0 Å². The van der Waals surface area contributed by atoms with E-state index in [1.165, 1.54) is 0 Å². The van der Waals surface area contributed by atoms with Crippen molar-refractivity contribution in [1.29, 1.82) is 0 Å². The number of imidazole rings is 1. The molecule has 0 saturated heterocycles. The minimum Gasteiger partial charge on any atom is -0.369 e. The first-order chi connectivity index (χ1) is 8.61. The Bertz CT molecular complexity index is 580. The van der Waals surface area contributed by atoms with Crippen LogP contribution in [-0.2, 0) is 11.3 Å². The molecule has 0 atom stereocenters. The molecule has 1 amide bonds. The van der Waals surface area contributed by atoms with Crippen LogP contribution < -0.4 is 11.1 Å². The summed E-state index contributed by atoms with van der Waals surface area (Å²) in [5.41, 5.74) is 7.08. The van der Waals surface area contributed by atoms with Gasteiger partial charge in [0.25, 0.3) is 0 Å². The molecule has 7 heteroatoms. The lowest BCUT2D eigenvalue weighted by Gasteiger charge is -2.06. The van der Waals surface area contributed by atoms with Gasteiger partial charge in [0.1, 0.15) is 12.1 Å². The van der Waals surface area contributed by atoms with Crippen LogP contribution in [0.1, 0.15) is 13.3 Å². The van der Waals surface area contributed by atoms with Crippen molar-refractivity contribution >= 4 is 38.9 Å². The summed E-state index contributed by atoms with van der Waals surface area (Å²) in [5, 5.41) is 2.79. The van der Waals surface area contributed by atoms with Gasteiger partial charge in [0.05, 0.1) is 0 Å². The summed E-state index contributed by atoms with van der Waals surface area (Å²) < 4.78 is 2.43. The van der Waals surface area contributed by atoms with Crippen LogP contribution in [0.2, 0.25) is 0 Å². The summed E-state index contributed by atoms with van der Waals surface area (Å²) in [6.07, 6.45) is 2.56. The second kappa shape index (κ2) is 5.34. The van der Waals surface area contributed by atoms with Crippen molar-refractivity contribution in [2.24, 2.45) is 0 Å². The molecule has 18 heavy (non-hydrogen) atoms. The van der Waals surface area contributed by atoms with Crippen molar-refractivity contribution in [3.63, 3.8) is 0 Å². The van der Waals surface area contributed by atoms with Gasteiger partial charge in [-0.05, 0) is 28.4 Å². The average molecular weight is 312 g/mol. The van der Waals surface area contributed by atoms with E-state index in [0.29, 0.717) is 23.7 Å². The Balaban J connectivity index is 2.27. The predicted molar refractivity (Wildman–Crippen MR) is 72.9 cm³/mol. The predicted octanol–water partition coefficient (Wildman–Crippen LogP) is 1.30. The van der Waals surface area contributed by atoms with Gasteiger partial charge in [0, 0.05) is 17.2 Å². The molecule has 2 rings (SSSR count). The number of fused-ring (bicyclic) bond motifs is 1. The molecule has 2 aromatic heterocycles. The number of nitrogen functional groups attached to an aromatic ring is 1. The van der Waals surface area contributed by atoms with E-state index in [-0.39, 0.29) is 12.5 Å². The highest BCUT2D eigenvalue weighted by atomic mass is 79.9. The number of amides is 1. The van der Waals surface area contributed by atoms with Gasteiger partial charge >= 0.3 is 0 Å². The molecule has 2 heterocycles. The highest BCUT2D eigenvalue weighted by Crippen LogP contribution is 2.19. The van der Waals surface area contributed by atoms with Gasteiger partial charge in [0.2, 0.25) is 11.9 Å². The molecule has 96 valence electrons. The quantitative estimate of drug-likeness (QED) is 0.891. The number of carbonyl (C=O) groups excluding carboxylic acids is 1. The summed E-state index contributed by atoms with van der Waals surface area (Å²) in [4.78, 5) is 20.1. The number of hydrogen-bond donors (Lipinski definition) is 2. The standard InChI is InChI=1S/C11H14BrN5O/c1-2-3-14-9(18)6-17-10-8(16-11(17)13)4-7(12)5-15-10/h4-5H,2-3,6H2,1H3,(H2,13,16)(H,14,18). The third-order valence-corrected chi connectivity index (χ3v) is 2.89. The Kier molecular flexibility index (Phi) is 3.81. The van der Waals surface area contributed by atoms with Crippen molar-refractivity contribution in [1.82, 2.24) is 19.9 Å². The summed E-state index contributed by atoms with van der Waals surface area (Å²) >= 11 is 3.32. The lowest BCUT2D eigenvalue weighted by molar-refractivity contribution is -0.121. The van der Waals surface area contributed by atoms with Gasteiger partial charge in [-0.2, -0.15) is 0 Å². The highest BCUT2D eigenvalue weighted by molar-refractivity contribution is 9.10. The number of nitrogens with one attached hydrogen (secondary N) is 1. The van der Waals surface area contributed by atoms with Crippen molar-refractivity contribution in [3.8, 4) is 0 Å². The number of rotatable bonds is 4. The molecule has 0 unspecified atom stereocenters. The molecule has 0 aliphatic heterocycles. The number of nitrogens with zero attached hydrogens (tertiary/aromatic N) is 3. The maximum absolute atomic E-state index is 11.7. The molecular weight excluding hydrogens is 298 g/mol. The van der Waals surface area contributed by atoms with E-state index < -0.39 is 0 Å². The minimum atomic E-state index is -0.0902. The first kappa shape index (κ1) is 12.8.